The van der Waals surface area contributed by atoms with E-state index in [9.17, 15) is 0 Å². The normalized spacial score (nSPS) is 3.00. The molecule has 0 bridgehead atoms. The smallest absolute Gasteiger partial charge is 0.870 e. The molecule has 0 unspecified atom stereocenters. The second kappa shape index (κ2) is 26.8. The Labute approximate surface area is 67.2 Å². The maximum atomic E-state index is 8.33. The van der Waals surface area contributed by atoms with Crippen LogP contribution in [-0.4, -0.2) is 51.8 Å². The van der Waals surface area contributed by atoms with Crippen molar-refractivity contribution in [2.45, 2.75) is 0 Å². The minimum absolute atomic E-state index is 0. The molecule has 0 aromatic carbocycles. The topological polar surface area (TPSA) is 125 Å². The van der Waals surface area contributed by atoms with Crippen molar-refractivity contribution in [3.05, 3.63) is 0 Å². The number of carboxylic acid groups (broad SMARTS) is 2. The summed E-state index contributed by atoms with van der Waals surface area (Å²) in [5.74, 6) is 0. The third-order valence-corrected chi connectivity index (χ3v) is 0. The summed E-state index contributed by atoms with van der Waals surface area (Å²) >= 11 is 0. The van der Waals surface area contributed by atoms with E-state index < -0.39 is 6.16 Å². The Balaban J connectivity index is -0.00000000750. The summed E-state index contributed by atoms with van der Waals surface area (Å²) in [6.07, 6.45) is -2.33. The molecule has 0 saturated carbocycles. The predicted molar refractivity (Wildman–Crippen MR) is 22.5 cm³/mol. The van der Waals surface area contributed by atoms with Crippen molar-refractivity contribution in [1.29, 1.82) is 0 Å². The number of rotatable bonds is 0. The molecule has 0 atom stereocenters. The van der Waals surface area contributed by atoms with Crippen molar-refractivity contribution < 1.29 is 26.0 Å². The van der Waals surface area contributed by atoms with Gasteiger partial charge < -0.3 is 26.0 Å². The molecule has 0 aliphatic heterocycles. The van der Waals surface area contributed by atoms with Gasteiger partial charge in [0.1, 0.15) is 0 Å². The first-order valence-electron chi connectivity index (χ1n) is 0.612. The van der Waals surface area contributed by atoms with E-state index in [0.717, 1.165) is 0 Å². The summed E-state index contributed by atoms with van der Waals surface area (Å²) in [7, 11) is 0. The summed E-state index contributed by atoms with van der Waals surface area (Å²) in [6.45, 7) is 0. The maximum Gasteiger partial charge on any atom is 3.00 e. The largest absolute Gasteiger partial charge is 3.00 e. The van der Waals surface area contributed by atoms with Gasteiger partial charge in [-0.05, 0) is 6.16 Å². The van der Waals surface area contributed by atoms with Gasteiger partial charge in [0.25, 0.3) is 0 Å². The predicted octanol–water partition coefficient (Wildman–Crippen LogP) is -4.21. The van der Waals surface area contributed by atoms with Crippen molar-refractivity contribution in [1.82, 2.24) is 0 Å². The van der Waals surface area contributed by atoms with Gasteiger partial charge in [-0.1, -0.05) is 0 Å². The third-order valence-electron chi connectivity index (χ3n) is 0. The SMILES string of the molecule is O.O=C([O-])[O-].[Al+3].[Al+3].[OH-]. The maximum absolute atomic E-state index is 8.33. The van der Waals surface area contributed by atoms with Crippen LogP contribution in [0.1, 0.15) is 0 Å². The zero-order valence-electron chi connectivity index (χ0n) is 3.83. The average molecular weight is 149 g/mol. The molecule has 0 spiro atoms. The van der Waals surface area contributed by atoms with Gasteiger partial charge in [-0.25, -0.2) is 0 Å². The second-order valence-corrected chi connectivity index (χ2v) is 0.250. The first kappa shape index (κ1) is 41.0. The van der Waals surface area contributed by atoms with Crippen LogP contribution in [0.2, 0.25) is 0 Å². The van der Waals surface area contributed by atoms with E-state index >= 15 is 0 Å². The Morgan fingerprint density at radius 2 is 1.12 bits per heavy atom. The molecule has 7 heteroatoms. The molecule has 0 rings (SSSR count). The molecule has 0 aromatic heterocycles. The van der Waals surface area contributed by atoms with Crippen LogP contribution in [0, 0.1) is 0 Å². The number of hydrogen-bond donors (Lipinski definition) is 0. The van der Waals surface area contributed by atoms with Crippen LogP contribution >= 0.6 is 0 Å². The van der Waals surface area contributed by atoms with Crippen LogP contribution in [0.5, 0.6) is 0 Å². The molecular formula is CH3Al2O5+3. The standard InChI is InChI=1S/CH2O3.2Al.2H2O/c2-1(3)4;;;;/h(H2,2,3,4);;;2*1H2/q;2*+3;;/p-3. The molecule has 5 nitrogen and oxygen atoms in total. The van der Waals surface area contributed by atoms with Crippen molar-refractivity contribution in [3.8, 4) is 0 Å². The molecule has 0 heterocycles. The third kappa shape index (κ3) is 2660. The molecule has 0 aliphatic rings. The number of carbonyl (C=O) groups is 1. The quantitative estimate of drug-likeness (QED) is 0.323. The van der Waals surface area contributed by atoms with E-state index in [1.807, 2.05) is 0 Å². The fourth-order valence-corrected chi connectivity index (χ4v) is 0. The van der Waals surface area contributed by atoms with Crippen molar-refractivity contribution in [3.63, 3.8) is 0 Å². The van der Waals surface area contributed by atoms with Crippen LogP contribution < -0.4 is 10.2 Å². The van der Waals surface area contributed by atoms with Gasteiger partial charge in [-0.15, -0.1) is 0 Å². The van der Waals surface area contributed by atoms with Crippen LogP contribution in [-0.2, 0) is 0 Å². The number of carbonyl (C=O) groups excluding carboxylic acids is 1. The zero-order chi connectivity index (χ0) is 3.58. The van der Waals surface area contributed by atoms with E-state index in [1.54, 1.807) is 0 Å². The van der Waals surface area contributed by atoms with E-state index in [-0.39, 0.29) is 45.7 Å². The molecule has 0 aliphatic carbocycles. The molecular weight excluding hydrogens is 146 g/mol. The van der Waals surface area contributed by atoms with Gasteiger partial charge in [0.2, 0.25) is 0 Å². The molecule has 40 valence electrons. The second-order valence-electron chi connectivity index (χ2n) is 0.250. The molecule has 0 fully saturated rings. The first-order valence-corrected chi connectivity index (χ1v) is 0.612. The minimum Gasteiger partial charge on any atom is -0.870 e. The van der Waals surface area contributed by atoms with Gasteiger partial charge in [0.15, 0.2) is 0 Å². The van der Waals surface area contributed by atoms with Crippen LogP contribution in [0.4, 0.5) is 4.79 Å². The van der Waals surface area contributed by atoms with Gasteiger partial charge in [-0.2, -0.15) is 0 Å². The summed E-state index contributed by atoms with van der Waals surface area (Å²) in [4.78, 5) is 8.33. The van der Waals surface area contributed by atoms with Crippen LogP contribution in [0.15, 0.2) is 0 Å². The van der Waals surface area contributed by atoms with Gasteiger partial charge in [0, 0.05) is 0 Å². The van der Waals surface area contributed by atoms with Crippen molar-refractivity contribution in [2.75, 3.05) is 0 Å². The van der Waals surface area contributed by atoms with Crippen molar-refractivity contribution >= 4 is 40.9 Å². The monoisotopic (exact) mass is 149 g/mol. The summed E-state index contributed by atoms with van der Waals surface area (Å²) < 4.78 is 0. The van der Waals surface area contributed by atoms with E-state index in [0.29, 0.717) is 0 Å². The van der Waals surface area contributed by atoms with Gasteiger partial charge >= 0.3 is 34.7 Å². The molecule has 0 saturated heterocycles. The summed E-state index contributed by atoms with van der Waals surface area (Å²) in [6, 6.07) is 0. The number of hydrogen-bond acceptors (Lipinski definition) is 4. The van der Waals surface area contributed by atoms with Crippen LogP contribution in [0.25, 0.3) is 0 Å². The molecule has 0 aromatic rings. The minimum atomic E-state index is -2.33. The summed E-state index contributed by atoms with van der Waals surface area (Å²) in [5, 5.41) is 16.7. The van der Waals surface area contributed by atoms with Gasteiger partial charge in [0.05, 0.1) is 0 Å². The van der Waals surface area contributed by atoms with Crippen LogP contribution in [0.3, 0.4) is 0 Å². The molecule has 0 radical (unpaired) electrons. The summed E-state index contributed by atoms with van der Waals surface area (Å²) in [5.41, 5.74) is 0. The van der Waals surface area contributed by atoms with Gasteiger partial charge in [-0.3, -0.25) is 0 Å². The molecule has 0 amide bonds. The zero-order valence-corrected chi connectivity index (χ0v) is 6.14. The average Bonchev–Trinajstić information content (AvgIpc) is 0.811. The fraction of sp³-hybridized carbons (Fsp3) is 0. The first-order chi connectivity index (χ1) is 1.73. The Bertz CT molecular complexity index is 33.4. The van der Waals surface area contributed by atoms with E-state index in [4.69, 9.17) is 15.0 Å². The van der Waals surface area contributed by atoms with E-state index in [1.165, 1.54) is 0 Å². The Morgan fingerprint density at radius 3 is 1.12 bits per heavy atom. The fourth-order valence-electron chi connectivity index (χ4n) is 0. The Hall–Kier alpha value is 0.255. The Kier molecular flexibility index (Phi) is 137. The Morgan fingerprint density at radius 1 is 1.12 bits per heavy atom. The van der Waals surface area contributed by atoms with Crippen molar-refractivity contribution in [2.24, 2.45) is 0 Å². The van der Waals surface area contributed by atoms with E-state index in [2.05, 4.69) is 0 Å². The molecule has 8 heavy (non-hydrogen) atoms. The molecule has 3 N–H and O–H groups in total.